The molecule has 76 valence electrons. The molecule has 0 saturated carbocycles. The Morgan fingerprint density at radius 2 is 2.08 bits per heavy atom. The molecule has 1 rings (SSSR count). The quantitative estimate of drug-likeness (QED) is 0.671. The zero-order valence-electron chi connectivity index (χ0n) is 8.92. The van der Waals surface area contributed by atoms with Crippen molar-refractivity contribution in [2.75, 3.05) is 13.1 Å². The summed E-state index contributed by atoms with van der Waals surface area (Å²) in [7, 11) is 0. The smallest absolute Gasteiger partial charge is 0.0406 e. The number of hydrogen-bond donors (Lipinski definition) is 1. The largest absolute Gasteiger partial charge is 0.323 e. The lowest BCUT2D eigenvalue weighted by molar-refractivity contribution is 0.116. The third-order valence-corrected chi connectivity index (χ3v) is 3.52. The van der Waals surface area contributed by atoms with Crippen LogP contribution in [0.5, 0.6) is 0 Å². The van der Waals surface area contributed by atoms with E-state index >= 15 is 0 Å². The topological polar surface area (TPSA) is 29.3 Å². The third-order valence-electron chi connectivity index (χ3n) is 3.52. The van der Waals surface area contributed by atoms with E-state index in [4.69, 9.17) is 5.73 Å². The molecule has 13 heavy (non-hydrogen) atoms. The highest BCUT2D eigenvalue weighted by atomic mass is 15.2. The molecule has 1 aliphatic rings. The summed E-state index contributed by atoms with van der Waals surface area (Å²) in [6, 6.07) is 0.0931. The van der Waals surface area contributed by atoms with Gasteiger partial charge in [-0.05, 0) is 39.3 Å². The van der Waals surface area contributed by atoms with Crippen LogP contribution in [0, 0.1) is 0 Å². The molecule has 2 nitrogen and oxygen atoms in total. The van der Waals surface area contributed by atoms with E-state index in [9.17, 15) is 0 Å². The van der Waals surface area contributed by atoms with Crippen LogP contribution in [-0.2, 0) is 0 Å². The van der Waals surface area contributed by atoms with E-state index in [0.29, 0.717) is 0 Å². The Kier molecular flexibility index (Phi) is 3.51. The van der Waals surface area contributed by atoms with Crippen LogP contribution in [0.2, 0.25) is 0 Å². The van der Waals surface area contributed by atoms with Gasteiger partial charge in [-0.2, -0.15) is 0 Å². The molecular weight excluding hydrogens is 160 g/mol. The first-order valence-corrected chi connectivity index (χ1v) is 5.28. The van der Waals surface area contributed by atoms with E-state index in [0.717, 1.165) is 6.42 Å². The average molecular weight is 182 g/mol. The summed E-state index contributed by atoms with van der Waals surface area (Å²) in [5.41, 5.74) is 6.21. The van der Waals surface area contributed by atoms with E-state index in [1.54, 1.807) is 0 Å². The second-order valence-corrected chi connectivity index (χ2v) is 4.17. The summed E-state index contributed by atoms with van der Waals surface area (Å²) in [4.78, 5) is 2.51. The lowest BCUT2D eigenvalue weighted by atomic mass is 9.88. The summed E-state index contributed by atoms with van der Waals surface area (Å²) in [5, 5.41) is 0. The van der Waals surface area contributed by atoms with Crippen molar-refractivity contribution in [3.05, 3.63) is 12.7 Å². The summed E-state index contributed by atoms with van der Waals surface area (Å²) >= 11 is 0. The highest BCUT2D eigenvalue weighted by Gasteiger charge is 2.35. The second-order valence-electron chi connectivity index (χ2n) is 4.17. The molecule has 0 aliphatic carbocycles. The summed E-state index contributed by atoms with van der Waals surface area (Å²) in [6.07, 6.45) is 5.61. The van der Waals surface area contributed by atoms with Gasteiger partial charge >= 0.3 is 0 Å². The van der Waals surface area contributed by atoms with Gasteiger partial charge in [0.25, 0.3) is 0 Å². The van der Waals surface area contributed by atoms with E-state index in [1.165, 1.54) is 25.9 Å². The minimum Gasteiger partial charge on any atom is -0.323 e. The zero-order chi connectivity index (χ0) is 9.90. The summed E-state index contributed by atoms with van der Waals surface area (Å²) in [5.74, 6) is 0. The van der Waals surface area contributed by atoms with Crippen molar-refractivity contribution in [2.24, 2.45) is 5.73 Å². The minimum atomic E-state index is 0.0931. The van der Waals surface area contributed by atoms with Crippen LogP contribution in [0.3, 0.4) is 0 Å². The van der Waals surface area contributed by atoms with Crippen molar-refractivity contribution in [2.45, 2.75) is 44.7 Å². The van der Waals surface area contributed by atoms with Crippen LogP contribution < -0.4 is 5.73 Å². The van der Waals surface area contributed by atoms with Crippen LogP contribution >= 0.6 is 0 Å². The highest BCUT2D eigenvalue weighted by Crippen LogP contribution is 2.27. The molecule has 0 amide bonds. The van der Waals surface area contributed by atoms with Gasteiger partial charge in [-0.25, -0.2) is 0 Å². The van der Waals surface area contributed by atoms with Crippen molar-refractivity contribution in [3.63, 3.8) is 0 Å². The maximum Gasteiger partial charge on any atom is 0.0406 e. The maximum absolute atomic E-state index is 6.08. The van der Waals surface area contributed by atoms with Gasteiger partial charge in [0.05, 0.1) is 0 Å². The van der Waals surface area contributed by atoms with E-state index < -0.39 is 0 Å². The molecule has 0 aromatic carbocycles. The maximum atomic E-state index is 6.08. The Labute approximate surface area is 81.8 Å². The first-order chi connectivity index (χ1) is 6.15. The molecule has 1 heterocycles. The monoisotopic (exact) mass is 182 g/mol. The molecular formula is C11H22N2. The van der Waals surface area contributed by atoms with Gasteiger partial charge in [-0.15, -0.1) is 6.58 Å². The second kappa shape index (κ2) is 4.25. The molecule has 2 N–H and O–H groups in total. The molecule has 2 unspecified atom stereocenters. The standard InChI is InChI=1S/C11H22N2/c1-4-10(12)11(3,5-2)13-8-6-7-9-13/h4,10H,1,5-9,12H2,2-3H3. The Hall–Kier alpha value is -0.340. The van der Waals surface area contributed by atoms with Crippen LogP contribution in [0.15, 0.2) is 12.7 Å². The van der Waals surface area contributed by atoms with Gasteiger partial charge in [0, 0.05) is 11.6 Å². The summed E-state index contributed by atoms with van der Waals surface area (Å²) in [6.45, 7) is 10.7. The fraction of sp³-hybridized carbons (Fsp3) is 0.818. The van der Waals surface area contributed by atoms with E-state index in [-0.39, 0.29) is 11.6 Å². The molecule has 2 heteroatoms. The van der Waals surface area contributed by atoms with Crippen LogP contribution in [0.25, 0.3) is 0 Å². The predicted molar refractivity (Wildman–Crippen MR) is 57.7 cm³/mol. The van der Waals surface area contributed by atoms with Crippen molar-refractivity contribution < 1.29 is 0 Å². The zero-order valence-corrected chi connectivity index (χ0v) is 8.92. The fourth-order valence-electron chi connectivity index (χ4n) is 2.15. The molecule has 0 spiro atoms. The van der Waals surface area contributed by atoms with Gasteiger partial charge < -0.3 is 5.73 Å². The van der Waals surface area contributed by atoms with E-state index in [1.807, 2.05) is 6.08 Å². The van der Waals surface area contributed by atoms with Crippen molar-refractivity contribution in [3.8, 4) is 0 Å². The van der Waals surface area contributed by atoms with Crippen molar-refractivity contribution in [1.82, 2.24) is 4.90 Å². The molecule has 1 fully saturated rings. The van der Waals surface area contributed by atoms with Gasteiger partial charge in [0.2, 0.25) is 0 Å². The molecule has 1 saturated heterocycles. The number of hydrogen-bond acceptors (Lipinski definition) is 2. The molecule has 1 aliphatic heterocycles. The lowest BCUT2D eigenvalue weighted by Gasteiger charge is -2.41. The van der Waals surface area contributed by atoms with Gasteiger partial charge in [0.15, 0.2) is 0 Å². The van der Waals surface area contributed by atoms with Crippen molar-refractivity contribution in [1.29, 1.82) is 0 Å². The molecule has 0 aromatic heterocycles. The summed E-state index contributed by atoms with van der Waals surface area (Å²) < 4.78 is 0. The Balaban J connectivity index is 2.71. The van der Waals surface area contributed by atoms with Crippen LogP contribution in [0.4, 0.5) is 0 Å². The minimum absolute atomic E-state index is 0.0931. The SMILES string of the molecule is C=CC(N)C(C)(CC)N1CCCC1. The Morgan fingerprint density at radius 1 is 1.54 bits per heavy atom. The normalized spacial score (nSPS) is 25.5. The van der Waals surface area contributed by atoms with Gasteiger partial charge in [-0.3, -0.25) is 4.90 Å². The molecule has 0 radical (unpaired) electrons. The van der Waals surface area contributed by atoms with Crippen molar-refractivity contribution >= 4 is 0 Å². The number of nitrogens with two attached hydrogens (primary N) is 1. The molecule has 2 atom stereocenters. The first-order valence-electron chi connectivity index (χ1n) is 5.28. The Morgan fingerprint density at radius 3 is 2.46 bits per heavy atom. The molecule has 0 bridgehead atoms. The number of rotatable bonds is 4. The Bertz CT molecular complexity index is 173. The average Bonchev–Trinajstić information content (AvgIpc) is 2.68. The predicted octanol–water partition coefficient (Wildman–Crippen LogP) is 1.76. The number of likely N-dealkylation sites (tertiary alicyclic amines) is 1. The highest BCUT2D eigenvalue weighted by molar-refractivity contribution is 5.03. The van der Waals surface area contributed by atoms with Crippen LogP contribution in [0.1, 0.15) is 33.1 Å². The van der Waals surface area contributed by atoms with Gasteiger partial charge in [0.1, 0.15) is 0 Å². The number of nitrogens with zero attached hydrogens (tertiary/aromatic N) is 1. The third kappa shape index (κ3) is 1.94. The molecule has 0 aromatic rings. The van der Waals surface area contributed by atoms with Gasteiger partial charge in [-0.1, -0.05) is 13.0 Å². The lowest BCUT2D eigenvalue weighted by Crippen LogP contribution is -2.55. The van der Waals surface area contributed by atoms with Crippen LogP contribution in [-0.4, -0.2) is 29.6 Å². The van der Waals surface area contributed by atoms with E-state index in [2.05, 4.69) is 25.3 Å². The fourth-order valence-corrected chi connectivity index (χ4v) is 2.15. The first kappa shape index (κ1) is 10.7.